The van der Waals surface area contributed by atoms with Crippen LogP contribution < -0.4 is 20.3 Å². The molecule has 0 fully saturated rings. The predicted molar refractivity (Wildman–Crippen MR) is 82.9 cm³/mol. The van der Waals surface area contributed by atoms with Gasteiger partial charge in [-0.2, -0.15) is 13.2 Å². The fourth-order valence-corrected chi connectivity index (χ4v) is 1.94. The van der Waals surface area contributed by atoms with Gasteiger partial charge in [-0.1, -0.05) is 6.07 Å². The van der Waals surface area contributed by atoms with Crippen molar-refractivity contribution in [1.29, 1.82) is 0 Å². The molecule has 0 atom stereocenters. The quantitative estimate of drug-likeness (QED) is 0.778. The number of halogens is 3. The first-order valence-electron chi connectivity index (χ1n) is 7.17. The molecule has 0 aliphatic heterocycles. The average molecular weight is 356 g/mol. The van der Waals surface area contributed by atoms with Gasteiger partial charge in [-0.25, -0.2) is 0 Å². The molecule has 134 valence electrons. The second-order valence-corrected chi connectivity index (χ2v) is 4.90. The van der Waals surface area contributed by atoms with E-state index in [1.807, 2.05) is 0 Å². The molecule has 6 nitrogen and oxygen atoms in total. The highest BCUT2D eigenvalue weighted by Gasteiger charge is 2.32. The molecule has 1 heterocycles. The number of aromatic amines is 1. The van der Waals surface area contributed by atoms with Crippen LogP contribution in [0.1, 0.15) is 16.1 Å². The maximum Gasteiger partial charge on any atom is 0.431 e. The number of H-pyrrole nitrogens is 1. The lowest BCUT2D eigenvalue weighted by Crippen LogP contribution is -2.33. The van der Waals surface area contributed by atoms with Crippen LogP contribution >= 0.6 is 0 Å². The Labute approximate surface area is 140 Å². The Kier molecular flexibility index (Phi) is 5.68. The fourth-order valence-electron chi connectivity index (χ4n) is 1.94. The molecule has 2 aromatic rings. The lowest BCUT2D eigenvalue weighted by molar-refractivity contribution is -0.141. The van der Waals surface area contributed by atoms with Crippen molar-refractivity contribution in [3.63, 3.8) is 0 Å². The molecule has 1 aromatic carbocycles. The largest absolute Gasteiger partial charge is 0.497 e. The molecular weight excluding hydrogens is 341 g/mol. The predicted octanol–water partition coefficient (Wildman–Crippen LogP) is 2.21. The number of hydrogen-bond acceptors (Lipinski definition) is 4. The van der Waals surface area contributed by atoms with Gasteiger partial charge in [-0.3, -0.25) is 9.59 Å². The van der Waals surface area contributed by atoms with E-state index in [1.165, 1.54) is 7.11 Å². The SMILES string of the molecule is COc1cccc(OCCNC(=O)c2ccc(C(F)(F)F)[nH]c2=O)c1. The van der Waals surface area contributed by atoms with Gasteiger partial charge in [0, 0.05) is 6.07 Å². The Balaban J connectivity index is 1.89. The van der Waals surface area contributed by atoms with Gasteiger partial charge < -0.3 is 19.8 Å². The normalized spacial score (nSPS) is 11.0. The van der Waals surface area contributed by atoms with E-state index in [-0.39, 0.29) is 13.2 Å². The summed E-state index contributed by atoms with van der Waals surface area (Å²) in [7, 11) is 1.51. The highest BCUT2D eigenvalue weighted by molar-refractivity contribution is 5.93. The second-order valence-electron chi connectivity index (χ2n) is 4.90. The molecule has 0 saturated heterocycles. The van der Waals surface area contributed by atoms with Gasteiger partial charge >= 0.3 is 6.18 Å². The van der Waals surface area contributed by atoms with E-state index in [9.17, 15) is 22.8 Å². The van der Waals surface area contributed by atoms with Crippen LogP contribution in [-0.4, -0.2) is 31.2 Å². The minimum absolute atomic E-state index is 0.0660. The summed E-state index contributed by atoms with van der Waals surface area (Å²) < 4.78 is 47.8. The number of aromatic nitrogens is 1. The van der Waals surface area contributed by atoms with E-state index in [0.717, 1.165) is 6.07 Å². The highest BCUT2D eigenvalue weighted by atomic mass is 19.4. The number of carbonyl (C=O) groups excluding carboxylic acids is 1. The first-order valence-corrected chi connectivity index (χ1v) is 7.17. The van der Waals surface area contributed by atoms with Crippen LogP contribution in [0.3, 0.4) is 0 Å². The molecule has 0 bridgehead atoms. The summed E-state index contributed by atoms with van der Waals surface area (Å²) in [5.74, 6) is 0.350. The second kappa shape index (κ2) is 7.73. The lowest BCUT2D eigenvalue weighted by atomic mass is 10.2. The summed E-state index contributed by atoms with van der Waals surface area (Å²) in [5, 5.41) is 2.40. The van der Waals surface area contributed by atoms with Crippen molar-refractivity contribution in [2.24, 2.45) is 0 Å². The summed E-state index contributed by atoms with van der Waals surface area (Å²) >= 11 is 0. The maximum atomic E-state index is 12.5. The van der Waals surface area contributed by atoms with Gasteiger partial charge in [-0.05, 0) is 24.3 Å². The number of carbonyl (C=O) groups is 1. The summed E-state index contributed by atoms with van der Waals surface area (Å²) in [6, 6.07) is 8.30. The van der Waals surface area contributed by atoms with Crippen molar-refractivity contribution in [2.45, 2.75) is 6.18 Å². The number of nitrogens with one attached hydrogen (secondary N) is 2. The third kappa shape index (κ3) is 5.00. The number of ether oxygens (including phenoxy) is 2. The van der Waals surface area contributed by atoms with Crippen LogP contribution in [0.5, 0.6) is 11.5 Å². The number of amides is 1. The molecule has 9 heteroatoms. The molecule has 0 aliphatic rings. The third-order valence-corrected chi connectivity index (χ3v) is 3.16. The molecule has 0 saturated carbocycles. The summed E-state index contributed by atoms with van der Waals surface area (Å²) in [6.45, 7) is 0.175. The van der Waals surface area contributed by atoms with Crippen molar-refractivity contribution in [1.82, 2.24) is 10.3 Å². The first-order chi connectivity index (χ1) is 11.8. The van der Waals surface area contributed by atoms with Crippen molar-refractivity contribution in [3.8, 4) is 11.5 Å². The zero-order valence-corrected chi connectivity index (χ0v) is 13.1. The van der Waals surface area contributed by atoms with Gasteiger partial charge in [0.1, 0.15) is 29.4 Å². The number of methoxy groups -OCH3 is 1. The monoisotopic (exact) mass is 356 g/mol. The third-order valence-electron chi connectivity index (χ3n) is 3.16. The number of hydrogen-bond donors (Lipinski definition) is 2. The van der Waals surface area contributed by atoms with Gasteiger partial charge in [0.25, 0.3) is 11.5 Å². The van der Waals surface area contributed by atoms with E-state index in [2.05, 4.69) is 5.32 Å². The molecule has 0 radical (unpaired) electrons. The molecule has 2 N–H and O–H groups in total. The lowest BCUT2D eigenvalue weighted by Gasteiger charge is -2.09. The van der Waals surface area contributed by atoms with Crippen molar-refractivity contribution in [2.75, 3.05) is 20.3 Å². The van der Waals surface area contributed by atoms with Crippen LogP contribution in [0, 0.1) is 0 Å². The van der Waals surface area contributed by atoms with E-state index in [4.69, 9.17) is 9.47 Å². The van der Waals surface area contributed by atoms with Gasteiger partial charge in [0.2, 0.25) is 0 Å². The Morgan fingerprint density at radius 1 is 1.20 bits per heavy atom. The van der Waals surface area contributed by atoms with Crippen molar-refractivity contribution < 1.29 is 27.4 Å². The van der Waals surface area contributed by atoms with Crippen LogP contribution in [0.2, 0.25) is 0 Å². The van der Waals surface area contributed by atoms with Crippen LogP contribution in [-0.2, 0) is 6.18 Å². The molecule has 1 amide bonds. The minimum Gasteiger partial charge on any atom is -0.497 e. The average Bonchev–Trinajstić information content (AvgIpc) is 2.57. The maximum absolute atomic E-state index is 12.5. The van der Waals surface area contributed by atoms with Crippen LogP contribution in [0.25, 0.3) is 0 Å². The smallest absolute Gasteiger partial charge is 0.431 e. The van der Waals surface area contributed by atoms with E-state index >= 15 is 0 Å². The minimum atomic E-state index is -4.68. The molecule has 0 aliphatic carbocycles. The molecule has 2 rings (SSSR count). The highest BCUT2D eigenvalue weighted by Crippen LogP contribution is 2.26. The van der Waals surface area contributed by atoms with Crippen molar-refractivity contribution in [3.05, 3.63) is 58.0 Å². The molecular formula is C16H15F3N2O4. The van der Waals surface area contributed by atoms with Crippen molar-refractivity contribution >= 4 is 5.91 Å². The first kappa shape index (κ1) is 18.4. The summed E-state index contributed by atoms with van der Waals surface area (Å²) in [4.78, 5) is 25.1. The number of alkyl halides is 3. The van der Waals surface area contributed by atoms with Crippen LogP contribution in [0.15, 0.2) is 41.2 Å². The van der Waals surface area contributed by atoms with E-state index < -0.39 is 28.9 Å². The topological polar surface area (TPSA) is 80.4 Å². The summed E-state index contributed by atoms with van der Waals surface area (Å²) in [6.07, 6.45) is -4.68. The van der Waals surface area contributed by atoms with Gasteiger partial charge in [0.15, 0.2) is 0 Å². The Morgan fingerprint density at radius 2 is 1.92 bits per heavy atom. The number of pyridine rings is 1. The van der Waals surface area contributed by atoms with Gasteiger partial charge in [0.05, 0.1) is 13.7 Å². The molecule has 25 heavy (non-hydrogen) atoms. The van der Waals surface area contributed by atoms with E-state index in [1.54, 1.807) is 29.2 Å². The Hall–Kier alpha value is -2.97. The Bertz CT molecular complexity index is 802. The number of benzene rings is 1. The van der Waals surface area contributed by atoms with Crippen LogP contribution in [0.4, 0.5) is 13.2 Å². The standard InChI is InChI=1S/C16H15F3N2O4/c1-24-10-3-2-4-11(9-10)25-8-7-20-14(22)12-5-6-13(16(17,18)19)21-15(12)23/h2-6,9H,7-8H2,1H3,(H,20,22)(H,21,23). The summed E-state index contributed by atoms with van der Waals surface area (Å²) in [5.41, 5.74) is -2.73. The molecule has 1 aromatic heterocycles. The van der Waals surface area contributed by atoms with Gasteiger partial charge in [-0.15, -0.1) is 0 Å². The molecule has 0 unspecified atom stereocenters. The zero-order chi connectivity index (χ0) is 18.4. The fraction of sp³-hybridized carbons (Fsp3) is 0.250. The van der Waals surface area contributed by atoms with E-state index in [0.29, 0.717) is 17.6 Å². The molecule has 0 spiro atoms. The Morgan fingerprint density at radius 3 is 2.56 bits per heavy atom. The number of rotatable bonds is 6. The zero-order valence-electron chi connectivity index (χ0n) is 13.1.